The van der Waals surface area contributed by atoms with Crippen LogP contribution in [0.15, 0.2) is 168 Å². The van der Waals surface area contributed by atoms with Crippen molar-refractivity contribution < 1.29 is 4.42 Å². The first kappa shape index (κ1) is 47.7. The Labute approximate surface area is 439 Å². The van der Waals surface area contributed by atoms with Crippen LogP contribution in [0, 0.1) is 11.3 Å². The summed E-state index contributed by atoms with van der Waals surface area (Å²) in [6.07, 6.45) is 0. The Morgan fingerprint density at radius 3 is 1.27 bits per heavy atom. The summed E-state index contributed by atoms with van der Waals surface area (Å²) < 4.78 is 12.2. The molecule has 4 heterocycles. The number of aromatic nitrogens is 4. The topological polar surface area (TPSA) is 72.6 Å². The number of fused-ring (bicyclic) bond motifs is 9. The van der Waals surface area contributed by atoms with E-state index in [2.05, 4.69) is 214 Å². The van der Waals surface area contributed by atoms with Crippen molar-refractivity contribution in [1.29, 1.82) is 5.26 Å². The molecule has 0 radical (unpaired) electrons. The number of para-hydroxylation sites is 1. The van der Waals surface area contributed by atoms with E-state index in [0.29, 0.717) is 22.6 Å². The molecule has 0 aliphatic carbocycles. The van der Waals surface area contributed by atoms with E-state index in [0.717, 1.165) is 83.1 Å². The molecule has 0 fully saturated rings. The minimum absolute atomic E-state index is 0.0771. The molecule has 0 aliphatic rings. The standard InChI is InChI=1S/C69H63N5O/c1-66(2,3)43-26-30-56-49(34-43)50-35-44(67(4,5)6)27-31-57(50)73(56)60-39-61(74-58-32-28-45(68(7,8)9)36-51(58)52-37-46(69(10,11)12)29-33-59(52)74)64-62(53(60)40-70)48-25-19-24-47(63(48)75-64)55-38-54(41-20-15-13-16-21-41)71-65(72-55)42-22-17-14-18-23-42/h13-39H,1-12H3. The van der Waals surface area contributed by atoms with Crippen molar-refractivity contribution in [3.63, 3.8) is 0 Å². The van der Waals surface area contributed by atoms with Crippen LogP contribution in [0.5, 0.6) is 0 Å². The van der Waals surface area contributed by atoms with Crippen LogP contribution in [-0.2, 0) is 21.7 Å². The van der Waals surface area contributed by atoms with Gasteiger partial charge in [0.15, 0.2) is 11.4 Å². The number of furan rings is 1. The molecule has 4 aromatic heterocycles. The summed E-state index contributed by atoms with van der Waals surface area (Å²) in [5, 5.41) is 18.1. The summed E-state index contributed by atoms with van der Waals surface area (Å²) >= 11 is 0. The van der Waals surface area contributed by atoms with Crippen LogP contribution in [0.25, 0.3) is 111 Å². The van der Waals surface area contributed by atoms with Gasteiger partial charge in [-0.05, 0) is 111 Å². The van der Waals surface area contributed by atoms with Gasteiger partial charge < -0.3 is 13.6 Å². The maximum absolute atomic E-state index is 11.9. The van der Waals surface area contributed by atoms with Crippen molar-refractivity contribution in [1.82, 2.24) is 19.1 Å². The molecule has 370 valence electrons. The summed E-state index contributed by atoms with van der Waals surface area (Å²) in [6, 6.07) is 61.4. The van der Waals surface area contributed by atoms with E-state index in [9.17, 15) is 5.26 Å². The zero-order valence-corrected chi connectivity index (χ0v) is 45.2. The second-order valence-electron chi connectivity index (χ2n) is 24.7. The third-order valence-corrected chi connectivity index (χ3v) is 15.4. The van der Waals surface area contributed by atoms with Crippen molar-refractivity contribution in [3.8, 4) is 51.3 Å². The normalized spacial score (nSPS) is 12.8. The molecule has 0 saturated carbocycles. The fourth-order valence-electron chi connectivity index (χ4n) is 11.1. The van der Waals surface area contributed by atoms with E-state index in [1.807, 2.05) is 48.5 Å². The van der Waals surface area contributed by atoms with Crippen LogP contribution in [0.4, 0.5) is 0 Å². The second kappa shape index (κ2) is 16.9. The van der Waals surface area contributed by atoms with E-state index in [1.54, 1.807) is 0 Å². The molecule has 0 spiro atoms. The molecular formula is C69H63N5O. The van der Waals surface area contributed by atoms with Crippen LogP contribution in [-0.4, -0.2) is 19.1 Å². The molecule has 0 unspecified atom stereocenters. The zero-order valence-electron chi connectivity index (χ0n) is 45.2. The van der Waals surface area contributed by atoms with Gasteiger partial charge in [-0.1, -0.05) is 180 Å². The van der Waals surface area contributed by atoms with Gasteiger partial charge in [0.05, 0.1) is 55.8 Å². The number of rotatable bonds is 5. The lowest BCUT2D eigenvalue weighted by Gasteiger charge is -2.20. The molecular weight excluding hydrogens is 915 g/mol. The quantitative estimate of drug-likeness (QED) is 0.172. The van der Waals surface area contributed by atoms with Crippen molar-refractivity contribution in [2.24, 2.45) is 0 Å². The number of hydrogen-bond donors (Lipinski definition) is 0. The van der Waals surface area contributed by atoms with Gasteiger partial charge in [0.2, 0.25) is 0 Å². The monoisotopic (exact) mass is 978 g/mol. The maximum Gasteiger partial charge on any atom is 0.160 e. The Morgan fingerprint density at radius 2 is 0.827 bits per heavy atom. The predicted octanol–water partition coefficient (Wildman–Crippen LogP) is 18.6. The molecule has 6 nitrogen and oxygen atoms in total. The first-order chi connectivity index (χ1) is 35.7. The van der Waals surface area contributed by atoms with Gasteiger partial charge in [-0.25, -0.2) is 9.97 Å². The molecule has 8 aromatic carbocycles. The highest BCUT2D eigenvalue weighted by Gasteiger charge is 2.29. The molecule has 6 heteroatoms. The van der Waals surface area contributed by atoms with Crippen molar-refractivity contribution in [3.05, 3.63) is 192 Å². The highest BCUT2D eigenvalue weighted by molar-refractivity contribution is 6.18. The van der Waals surface area contributed by atoms with E-state index >= 15 is 0 Å². The van der Waals surface area contributed by atoms with Crippen LogP contribution in [0.2, 0.25) is 0 Å². The molecule has 12 rings (SSSR count). The van der Waals surface area contributed by atoms with E-state index in [-0.39, 0.29) is 21.7 Å². The van der Waals surface area contributed by atoms with Crippen LogP contribution >= 0.6 is 0 Å². The van der Waals surface area contributed by atoms with Gasteiger partial charge in [0.25, 0.3) is 0 Å². The van der Waals surface area contributed by atoms with Crippen molar-refractivity contribution in [2.75, 3.05) is 0 Å². The molecule has 75 heavy (non-hydrogen) atoms. The molecule has 0 amide bonds. The fourth-order valence-corrected chi connectivity index (χ4v) is 11.1. The Kier molecular flexibility index (Phi) is 10.7. The fraction of sp³-hybridized carbons (Fsp3) is 0.232. The second-order valence-corrected chi connectivity index (χ2v) is 24.7. The molecule has 0 aliphatic heterocycles. The number of hydrogen-bond acceptors (Lipinski definition) is 4. The molecule has 0 bridgehead atoms. The Morgan fingerprint density at radius 1 is 0.400 bits per heavy atom. The highest BCUT2D eigenvalue weighted by Crippen LogP contribution is 2.47. The lowest BCUT2D eigenvalue weighted by Crippen LogP contribution is -2.10. The average molecular weight is 978 g/mol. The maximum atomic E-state index is 11.9. The predicted molar refractivity (Wildman–Crippen MR) is 314 cm³/mol. The van der Waals surface area contributed by atoms with Gasteiger partial charge in [0.1, 0.15) is 11.7 Å². The lowest BCUT2D eigenvalue weighted by molar-refractivity contribution is 0.590. The Balaban J connectivity index is 1.25. The van der Waals surface area contributed by atoms with Gasteiger partial charge in [-0.2, -0.15) is 5.26 Å². The molecule has 0 saturated heterocycles. The first-order valence-corrected chi connectivity index (χ1v) is 26.3. The molecule has 0 N–H and O–H groups in total. The minimum atomic E-state index is -0.0782. The van der Waals surface area contributed by atoms with E-state index in [1.165, 1.54) is 33.0 Å². The highest BCUT2D eigenvalue weighted by atomic mass is 16.3. The SMILES string of the molecule is CC(C)(C)c1ccc2c(c1)c1cc(C(C)(C)C)ccc1n2-c1cc(-n2c3ccc(C(C)(C)C)cc3c3cc(C(C)(C)C)ccc32)c2oc3c(-c4cc(-c5ccccc5)nc(-c5ccccc5)n4)cccc3c2c1C#N. The number of nitrogens with zero attached hydrogens (tertiary/aromatic N) is 5. The van der Waals surface area contributed by atoms with Gasteiger partial charge in [-0.15, -0.1) is 0 Å². The lowest BCUT2D eigenvalue weighted by atomic mass is 9.85. The summed E-state index contributed by atoms with van der Waals surface area (Å²) in [5.41, 5.74) is 16.6. The zero-order chi connectivity index (χ0) is 52.5. The third kappa shape index (κ3) is 7.91. The van der Waals surface area contributed by atoms with E-state index in [4.69, 9.17) is 14.4 Å². The summed E-state index contributed by atoms with van der Waals surface area (Å²) in [5.74, 6) is 0.617. The van der Waals surface area contributed by atoms with Crippen LogP contribution in [0.3, 0.4) is 0 Å². The Bertz CT molecular complexity index is 4120. The largest absolute Gasteiger partial charge is 0.453 e. The van der Waals surface area contributed by atoms with Gasteiger partial charge in [-0.3, -0.25) is 0 Å². The summed E-state index contributed by atoms with van der Waals surface area (Å²) in [6.45, 7) is 27.3. The van der Waals surface area contributed by atoms with Gasteiger partial charge in [0, 0.05) is 43.6 Å². The van der Waals surface area contributed by atoms with E-state index < -0.39 is 0 Å². The number of benzene rings is 8. The van der Waals surface area contributed by atoms with Crippen molar-refractivity contribution in [2.45, 2.75) is 105 Å². The third-order valence-electron chi connectivity index (χ3n) is 15.4. The molecule has 12 aromatic rings. The first-order valence-electron chi connectivity index (χ1n) is 26.3. The van der Waals surface area contributed by atoms with Crippen LogP contribution in [0.1, 0.15) is 111 Å². The summed E-state index contributed by atoms with van der Waals surface area (Å²) in [7, 11) is 0. The number of nitriles is 1. The molecule has 0 atom stereocenters. The summed E-state index contributed by atoms with van der Waals surface area (Å²) in [4.78, 5) is 10.4. The van der Waals surface area contributed by atoms with Crippen molar-refractivity contribution >= 4 is 65.6 Å². The van der Waals surface area contributed by atoms with Crippen LogP contribution < -0.4 is 0 Å². The average Bonchev–Trinajstić information content (AvgIpc) is 4.09. The van der Waals surface area contributed by atoms with Gasteiger partial charge >= 0.3 is 0 Å². The smallest absolute Gasteiger partial charge is 0.160 e. The minimum Gasteiger partial charge on any atom is -0.453 e. The Hall–Kier alpha value is -8.27.